The van der Waals surface area contributed by atoms with E-state index in [2.05, 4.69) is 12.2 Å². The summed E-state index contributed by atoms with van der Waals surface area (Å²) < 4.78 is 10.6. The van der Waals surface area contributed by atoms with Crippen molar-refractivity contribution in [3.8, 4) is 0 Å². The number of nitrogens with zero attached hydrogens (tertiary/aromatic N) is 2. The Morgan fingerprint density at radius 2 is 2.03 bits per heavy atom. The van der Waals surface area contributed by atoms with Gasteiger partial charge in [0.15, 0.2) is 0 Å². The second-order valence-corrected chi connectivity index (χ2v) is 10.3. The maximum absolute atomic E-state index is 11.7. The minimum absolute atomic E-state index is 0.0561. The highest BCUT2D eigenvalue weighted by Crippen LogP contribution is 2.39. The van der Waals surface area contributed by atoms with Gasteiger partial charge in [-0.05, 0) is 55.4 Å². The summed E-state index contributed by atoms with van der Waals surface area (Å²) in [6, 6.07) is 5.51. The Morgan fingerprint density at radius 1 is 1.18 bits per heavy atom. The summed E-state index contributed by atoms with van der Waals surface area (Å²) in [5, 5.41) is 5.85. The van der Waals surface area contributed by atoms with E-state index in [0.29, 0.717) is 42.0 Å². The number of aryl methyl sites for hydroxylation is 2. The zero-order valence-corrected chi connectivity index (χ0v) is 21.6. The van der Waals surface area contributed by atoms with Crippen molar-refractivity contribution < 1.29 is 14.3 Å². The summed E-state index contributed by atoms with van der Waals surface area (Å²) in [5.41, 5.74) is 2.32. The fourth-order valence-corrected chi connectivity index (χ4v) is 5.73. The van der Waals surface area contributed by atoms with Gasteiger partial charge in [0.2, 0.25) is 0 Å². The van der Waals surface area contributed by atoms with Crippen molar-refractivity contribution in [2.75, 3.05) is 25.1 Å². The zero-order chi connectivity index (χ0) is 23.9. The topological polar surface area (TPSA) is 73.3 Å². The minimum atomic E-state index is -0.335. The Bertz CT molecular complexity index is 1150. The van der Waals surface area contributed by atoms with Gasteiger partial charge in [-0.25, -0.2) is 14.8 Å². The van der Waals surface area contributed by atoms with E-state index in [4.69, 9.17) is 42.6 Å². The first-order valence-corrected chi connectivity index (χ1v) is 13.3. The molecule has 6 nitrogen and oxygen atoms in total. The number of carbonyl (C=O) groups is 1. The molecule has 0 fully saturated rings. The van der Waals surface area contributed by atoms with E-state index in [1.165, 1.54) is 23.3 Å². The number of carbonyl (C=O) groups excluding carboxylic acids is 1. The van der Waals surface area contributed by atoms with E-state index in [1.807, 2.05) is 12.1 Å². The minimum Gasteiger partial charge on any atom is -0.464 e. The standard InChI is InChI=1S/C25H29Cl2N3O3S/c1-2-3-11-33-22(31)15-32-12-10-21-29-24(28-14-16-8-9-17(26)13-19(16)27)23-18-6-4-5-7-20(18)34-25(23)30-21/h8-9,13H,2-7,10-12,14-15H2,1H3,(H,28,29,30). The lowest BCUT2D eigenvalue weighted by Crippen LogP contribution is -2.15. The van der Waals surface area contributed by atoms with E-state index in [9.17, 15) is 4.79 Å². The van der Waals surface area contributed by atoms with Crippen molar-refractivity contribution in [1.29, 1.82) is 0 Å². The number of anilines is 1. The van der Waals surface area contributed by atoms with Crippen LogP contribution < -0.4 is 5.32 Å². The van der Waals surface area contributed by atoms with Crippen LogP contribution in [0.15, 0.2) is 18.2 Å². The van der Waals surface area contributed by atoms with Crippen LogP contribution in [0.5, 0.6) is 0 Å². The maximum atomic E-state index is 11.7. The molecule has 0 unspecified atom stereocenters. The lowest BCUT2D eigenvalue weighted by Gasteiger charge is -2.14. The lowest BCUT2D eigenvalue weighted by atomic mass is 9.97. The van der Waals surface area contributed by atoms with Crippen LogP contribution in [0.1, 0.15) is 54.4 Å². The van der Waals surface area contributed by atoms with E-state index in [-0.39, 0.29) is 12.6 Å². The van der Waals surface area contributed by atoms with Gasteiger partial charge in [-0.1, -0.05) is 42.6 Å². The van der Waals surface area contributed by atoms with Crippen LogP contribution in [0.25, 0.3) is 10.2 Å². The average molecular weight is 522 g/mol. The highest BCUT2D eigenvalue weighted by atomic mass is 35.5. The molecule has 0 bridgehead atoms. The van der Waals surface area contributed by atoms with Gasteiger partial charge in [-0.15, -0.1) is 11.3 Å². The fourth-order valence-electron chi connectivity index (χ4n) is 3.98. The van der Waals surface area contributed by atoms with E-state index >= 15 is 0 Å². The molecule has 2 heterocycles. The Labute approximate surface area is 214 Å². The average Bonchev–Trinajstić information content (AvgIpc) is 3.20. The number of halogens is 2. The largest absolute Gasteiger partial charge is 0.464 e. The number of aromatic nitrogens is 2. The monoisotopic (exact) mass is 521 g/mol. The zero-order valence-electron chi connectivity index (χ0n) is 19.3. The Morgan fingerprint density at radius 3 is 2.85 bits per heavy atom. The number of unbranched alkanes of at least 4 members (excludes halogenated alkanes) is 1. The van der Waals surface area contributed by atoms with Crippen LogP contribution in [0.3, 0.4) is 0 Å². The smallest absolute Gasteiger partial charge is 0.332 e. The SMILES string of the molecule is CCCCOC(=O)COCCc1nc(NCc2ccc(Cl)cc2Cl)c2c3c(sc2n1)CCCC3. The van der Waals surface area contributed by atoms with Crippen molar-refractivity contribution in [2.24, 2.45) is 0 Å². The van der Waals surface area contributed by atoms with Gasteiger partial charge in [0.1, 0.15) is 23.1 Å². The van der Waals surface area contributed by atoms with Crippen molar-refractivity contribution >= 4 is 56.5 Å². The highest BCUT2D eigenvalue weighted by molar-refractivity contribution is 7.19. The van der Waals surface area contributed by atoms with E-state index in [0.717, 1.165) is 47.3 Å². The normalized spacial score (nSPS) is 13.1. The van der Waals surface area contributed by atoms with Crippen LogP contribution in [-0.2, 0) is 40.1 Å². The Hall–Kier alpha value is -1.93. The fraction of sp³-hybridized carbons (Fsp3) is 0.480. The quantitative estimate of drug-likeness (QED) is 0.232. The highest BCUT2D eigenvalue weighted by Gasteiger charge is 2.21. The van der Waals surface area contributed by atoms with Crippen molar-refractivity contribution in [1.82, 2.24) is 9.97 Å². The summed E-state index contributed by atoms with van der Waals surface area (Å²) in [6.07, 6.45) is 6.91. The Balaban J connectivity index is 1.48. The second kappa shape index (κ2) is 12.2. The summed E-state index contributed by atoms with van der Waals surface area (Å²) in [5.74, 6) is 1.18. The van der Waals surface area contributed by atoms with Gasteiger partial charge < -0.3 is 14.8 Å². The number of fused-ring (bicyclic) bond motifs is 3. The molecular formula is C25H29Cl2N3O3S. The molecule has 3 aromatic rings. The van der Waals surface area contributed by atoms with Gasteiger partial charge >= 0.3 is 5.97 Å². The number of esters is 1. The molecule has 1 aliphatic rings. The number of rotatable bonds is 11. The molecule has 1 N–H and O–H groups in total. The third-order valence-corrected chi connectivity index (χ3v) is 7.55. The summed E-state index contributed by atoms with van der Waals surface area (Å²) in [7, 11) is 0. The molecule has 0 amide bonds. The van der Waals surface area contributed by atoms with Gasteiger partial charge in [0, 0.05) is 27.9 Å². The molecule has 1 aromatic carbocycles. The third kappa shape index (κ3) is 6.39. The third-order valence-electron chi connectivity index (χ3n) is 5.77. The first-order chi connectivity index (χ1) is 16.5. The number of hydrogen-bond donors (Lipinski definition) is 1. The van der Waals surface area contributed by atoms with Crippen LogP contribution in [0, 0.1) is 0 Å². The van der Waals surface area contributed by atoms with Gasteiger partial charge in [-0.3, -0.25) is 0 Å². The van der Waals surface area contributed by atoms with Gasteiger partial charge in [0.05, 0.1) is 18.6 Å². The molecule has 34 heavy (non-hydrogen) atoms. The summed E-state index contributed by atoms with van der Waals surface area (Å²) in [6.45, 7) is 3.32. The van der Waals surface area contributed by atoms with Crippen molar-refractivity contribution in [2.45, 2.75) is 58.4 Å². The van der Waals surface area contributed by atoms with Crippen molar-refractivity contribution in [3.63, 3.8) is 0 Å². The number of benzene rings is 1. The van der Waals surface area contributed by atoms with Crippen LogP contribution in [0.2, 0.25) is 10.0 Å². The maximum Gasteiger partial charge on any atom is 0.332 e. The summed E-state index contributed by atoms with van der Waals surface area (Å²) >= 11 is 14.2. The molecule has 2 aromatic heterocycles. The molecule has 4 rings (SSSR count). The first kappa shape index (κ1) is 25.2. The first-order valence-electron chi connectivity index (χ1n) is 11.8. The number of hydrogen-bond acceptors (Lipinski definition) is 7. The summed E-state index contributed by atoms with van der Waals surface area (Å²) in [4.78, 5) is 23.8. The number of thiophene rings is 1. The molecular weight excluding hydrogens is 493 g/mol. The molecule has 182 valence electrons. The Kier molecular flexibility index (Phi) is 9.00. The van der Waals surface area contributed by atoms with E-state index < -0.39 is 0 Å². The van der Waals surface area contributed by atoms with Crippen molar-refractivity contribution in [3.05, 3.63) is 50.1 Å². The second-order valence-electron chi connectivity index (χ2n) is 8.35. The van der Waals surface area contributed by atoms with Crippen LogP contribution >= 0.6 is 34.5 Å². The molecule has 0 radical (unpaired) electrons. The number of nitrogens with one attached hydrogen (secondary N) is 1. The molecule has 1 aliphatic carbocycles. The van der Waals surface area contributed by atoms with Crippen LogP contribution in [0.4, 0.5) is 5.82 Å². The molecule has 0 saturated carbocycles. The molecule has 0 spiro atoms. The van der Waals surface area contributed by atoms with Crippen LogP contribution in [-0.4, -0.2) is 35.8 Å². The van der Waals surface area contributed by atoms with Gasteiger partial charge in [0.25, 0.3) is 0 Å². The number of ether oxygens (including phenoxy) is 2. The predicted molar refractivity (Wildman–Crippen MR) is 138 cm³/mol. The molecule has 0 saturated heterocycles. The predicted octanol–water partition coefficient (Wildman–Crippen LogP) is 6.39. The van der Waals surface area contributed by atoms with E-state index in [1.54, 1.807) is 17.4 Å². The van der Waals surface area contributed by atoms with Gasteiger partial charge in [-0.2, -0.15) is 0 Å². The molecule has 9 heteroatoms. The lowest BCUT2D eigenvalue weighted by molar-refractivity contribution is -0.149. The molecule has 0 atom stereocenters. The molecule has 0 aliphatic heterocycles.